The Balaban J connectivity index is 0.000000249. The van der Waals surface area contributed by atoms with Crippen LogP contribution >= 0.6 is 0 Å². The fourth-order valence-electron chi connectivity index (χ4n) is 3.82. The normalized spacial score (nSPS) is 28.0. The Morgan fingerprint density at radius 3 is 2.67 bits per heavy atom. The zero-order chi connectivity index (χ0) is 17.6. The van der Waals surface area contributed by atoms with E-state index in [1.54, 1.807) is 0 Å². The number of benzene rings is 1. The zero-order valence-electron chi connectivity index (χ0n) is 15.0. The molecule has 3 atom stereocenters. The summed E-state index contributed by atoms with van der Waals surface area (Å²) in [6.45, 7) is 8.50. The van der Waals surface area contributed by atoms with Gasteiger partial charge < -0.3 is 9.47 Å². The number of carbonyl (C=O) groups excluding carboxylic acids is 1. The molecule has 1 aromatic rings. The predicted molar refractivity (Wildman–Crippen MR) is 96.7 cm³/mol. The maximum Gasteiger partial charge on any atom is 0.333 e. The van der Waals surface area contributed by atoms with Gasteiger partial charge in [-0.3, -0.25) is 0 Å². The summed E-state index contributed by atoms with van der Waals surface area (Å²) in [6, 6.07) is 10.3. The molecule has 1 heterocycles. The van der Waals surface area contributed by atoms with Crippen LogP contribution in [0.5, 0.6) is 0 Å². The van der Waals surface area contributed by atoms with Gasteiger partial charge in [0.05, 0.1) is 19.3 Å². The van der Waals surface area contributed by atoms with E-state index in [0.717, 1.165) is 24.8 Å². The van der Waals surface area contributed by atoms with Gasteiger partial charge in [-0.1, -0.05) is 42.0 Å². The summed E-state index contributed by atoms with van der Waals surface area (Å²) >= 11 is 0. The molecule has 3 nitrogen and oxygen atoms in total. The SMILES string of the molecule is C=CCC1CCC2(C)OCC=C(C(=O)OC)C12.Cc1ccccc1. The van der Waals surface area contributed by atoms with Crippen molar-refractivity contribution in [3.63, 3.8) is 0 Å². The molecule has 1 aliphatic carbocycles. The van der Waals surface area contributed by atoms with Gasteiger partial charge in [0.1, 0.15) is 0 Å². The minimum Gasteiger partial charge on any atom is -0.466 e. The fourth-order valence-corrected chi connectivity index (χ4v) is 3.82. The van der Waals surface area contributed by atoms with E-state index in [0.29, 0.717) is 12.5 Å². The van der Waals surface area contributed by atoms with Crippen LogP contribution in [0.4, 0.5) is 0 Å². The largest absolute Gasteiger partial charge is 0.466 e. The predicted octanol–water partition coefficient (Wildman–Crippen LogP) is 4.47. The maximum absolute atomic E-state index is 11.8. The molecule has 1 aliphatic heterocycles. The zero-order valence-corrected chi connectivity index (χ0v) is 15.0. The molecule has 0 aromatic heterocycles. The first-order chi connectivity index (χ1) is 11.5. The van der Waals surface area contributed by atoms with Gasteiger partial charge in [-0.25, -0.2) is 4.79 Å². The topological polar surface area (TPSA) is 35.5 Å². The Labute approximate surface area is 145 Å². The Morgan fingerprint density at radius 1 is 1.42 bits per heavy atom. The molecule has 0 N–H and O–H groups in total. The number of hydrogen-bond donors (Lipinski definition) is 0. The van der Waals surface area contributed by atoms with E-state index in [1.807, 2.05) is 30.4 Å². The molecule has 0 bridgehead atoms. The Hall–Kier alpha value is -1.87. The lowest BCUT2D eigenvalue weighted by Crippen LogP contribution is -2.41. The molecule has 0 amide bonds. The summed E-state index contributed by atoms with van der Waals surface area (Å²) < 4.78 is 10.8. The molecule has 1 fully saturated rings. The number of hydrogen-bond acceptors (Lipinski definition) is 3. The van der Waals surface area contributed by atoms with Gasteiger partial charge in [-0.15, -0.1) is 6.58 Å². The first kappa shape index (κ1) is 18.5. The van der Waals surface area contributed by atoms with Crippen molar-refractivity contribution in [2.45, 2.75) is 38.7 Å². The lowest BCUT2D eigenvalue weighted by Gasteiger charge is -2.38. The van der Waals surface area contributed by atoms with Gasteiger partial charge in [0, 0.05) is 11.5 Å². The highest BCUT2D eigenvalue weighted by Crippen LogP contribution is 2.50. The molecule has 1 saturated carbocycles. The third-order valence-corrected chi connectivity index (χ3v) is 5.02. The second-order valence-corrected chi connectivity index (χ2v) is 6.73. The van der Waals surface area contributed by atoms with Crippen LogP contribution in [0.15, 0.2) is 54.6 Å². The van der Waals surface area contributed by atoms with Crippen LogP contribution in [0.1, 0.15) is 31.7 Å². The summed E-state index contributed by atoms with van der Waals surface area (Å²) in [4.78, 5) is 11.8. The minimum absolute atomic E-state index is 0.154. The summed E-state index contributed by atoms with van der Waals surface area (Å²) in [5, 5.41) is 0. The van der Waals surface area contributed by atoms with Crippen molar-refractivity contribution >= 4 is 5.97 Å². The lowest BCUT2D eigenvalue weighted by molar-refractivity contribution is -0.139. The Kier molecular flexibility index (Phi) is 6.38. The van der Waals surface area contributed by atoms with Crippen LogP contribution in [0, 0.1) is 18.8 Å². The average molecular weight is 328 g/mol. The monoisotopic (exact) mass is 328 g/mol. The van der Waals surface area contributed by atoms with Crippen molar-refractivity contribution < 1.29 is 14.3 Å². The smallest absolute Gasteiger partial charge is 0.333 e. The van der Waals surface area contributed by atoms with Crippen LogP contribution in [0.25, 0.3) is 0 Å². The molecule has 0 saturated heterocycles. The summed E-state index contributed by atoms with van der Waals surface area (Å²) in [7, 11) is 1.44. The lowest BCUT2D eigenvalue weighted by atomic mass is 9.78. The van der Waals surface area contributed by atoms with Crippen LogP contribution in [-0.4, -0.2) is 25.3 Å². The minimum atomic E-state index is -0.208. The average Bonchev–Trinajstić information content (AvgIpc) is 2.92. The quantitative estimate of drug-likeness (QED) is 0.606. The number of allylic oxidation sites excluding steroid dienone is 1. The van der Waals surface area contributed by atoms with Crippen molar-refractivity contribution in [1.82, 2.24) is 0 Å². The molecular formula is C21H28O3. The van der Waals surface area contributed by atoms with Crippen molar-refractivity contribution in [3.05, 3.63) is 60.2 Å². The number of carbonyl (C=O) groups is 1. The molecule has 3 rings (SSSR count). The summed E-state index contributed by atoms with van der Waals surface area (Å²) in [5.74, 6) is 0.394. The maximum atomic E-state index is 11.8. The number of esters is 1. The molecule has 0 spiro atoms. The molecule has 3 unspecified atom stereocenters. The van der Waals surface area contributed by atoms with Gasteiger partial charge in [0.15, 0.2) is 0 Å². The Bertz CT molecular complexity index is 590. The molecule has 1 aromatic carbocycles. The molecule has 3 heteroatoms. The highest BCUT2D eigenvalue weighted by Gasteiger charge is 2.50. The van der Waals surface area contributed by atoms with Gasteiger partial charge in [-0.05, 0) is 45.1 Å². The first-order valence-electron chi connectivity index (χ1n) is 8.56. The molecule has 24 heavy (non-hydrogen) atoms. The van der Waals surface area contributed by atoms with E-state index in [1.165, 1.54) is 12.7 Å². The molecule has 0 radical (unpaired) electrons. The second kappa shape index (κ2) is 8.29. The summed E-state index contributed by atoms with van der Waals surface area (Å²) in [6.07, 6.45) is 6.82. The number of methoxy groups -OCH3 is 1. The van der Waals surface area contributed by atoms with Crippen LogP contribution < -0.4 is 0 Å². The van der Waals surface area contributed by atoms with E-state index >= 15 is 0 Å². The standard InChI is InChI=1S/C14H20O3.C7H8/c1-4-5-10-6-8-14(2)12(10)11(7-9-17-14)13(15)16-3;1-7-5-3-2-4-6-7/h4,7,10,12H,1,5-6,8-9H2,2-3H3;2-6H,1H3. The van der Waals surface area contributed by atoms with Crippen LogP contribution in [0.3, 0.4) is 0 Å². The van der Waals surface area contributed by atoms with Gasteiger partial charge in [0.2, 0.25) is 0 Å². The van der Waals surface area contributed by atoms with Crippen LogP contribution in [-0.2, 0) is 14.3 Å². The third kappa shape index (κ3) is 4.15. The number of rotatable bonds is 3. The highest BCUT2D eigenvalue weighted by molar-refractivity contribution is 5.89. The fraction of sp³-hybridized carbons (Fsp3) is 0.476. The second-order valence-electron chi connectivity index (χ2n) is 6.73. The summed E-state index contributed by atoms with van der Waals surface area (Å²) in [5.41, 5.74) is 1.92. The van der Waals surface area contributed by atoms with Gasteiger partial charge in [0.25, 0.3) is 0 Å². The van der Waals surface area contributed by atoms with E-state index in [-0.39, 0.29) is 17.5 Å². The van der Waals surface area contributed by atoms with Gasteiger partial charge >= 0.3 is 5.97 Å². The number of aryl methyl sites for hydroxylation is 1. The van der Waals surface area contributed by atoms with E-state index in [9.17, 15) is 4.79 Å². The van der Waals surface area contributed by atoms with E-state index in [2.05, 4.69) is 32.6 Å². The third-order valence-electron chi connectivity index (χ3n) is 5.02. The highest BCUT2D eigenvalue weighted by atomic mass is 16.5. The van der Waals surface area contributed by atoms with Crippen molar-refractivity contribution in [1.29, 1.82) is 0 Å². The molecular weight excluding hydrogens is 300 g/mol. The van der Waals surface area contributed by atoms with Crippen molar-refractivity contribution in [3.8, 4) is 0 Å². The van der Waals surface area contributed by atoms with Crippen molar-refractivity contribution in [2.24, 2.45) is 11.8 Å². The van der Waals surface area contributed by atoms with E-state index in [4.69, 9.17) is 9.47 Å². The molecule has 2 aliphatic rings. The Morgan fingerprint density at radius 2 is 2.12 bits per heavy atom. The first-order valence-corrected chi connectivity index (χ1v) is 8.56. The van der Waals surface area contributed by atoms with Crippen LogP contribution in [0.2, 0.25) is 0 Å². The number of ether oxygens (including phenoxy) is 2. The van der Waals surface area contributed by atoms with E-state index < -0.39 is 0 Å². The van der Waals surface area contributed by atoms with Gasteiger partial charge in [-0.2, -0.15) is 0 Å². The number of fused-ring (bicyclic) bond motifs is 1. The van der Waals surface area contributed by atoms with Crippen molar-refractivity contribution in [2.75, 3.05) is 13.7 Å². The molecule has 130 valence electrons.